The number of carbonyl (C=O) groups excluding carboxylic acids is 4. The van der Waals surface area contributed by atoms with Gasteiger partial charge >= 0.3 is 12.2 Å². The Bertz CT molecular complexity index is 2130. The first kappa shape index (κ1) is 41.5. The number of rotatable bonds is 12. The molecule has 4 aliphatic rings. The first-order valence-electron chi connectivity index (χ1n) is 20.4. The maximum Gasteiger partial charge on any atom is 0.407 e. The second-order valence-electron chi connectivity index (χ2n) is 16.4. The molecule has 7 rings (SSSR count). The molecule has 4 aliphatic heterocycles. The van der Waals surface area contributed by atoms with Crippen LogP contribution in [-0.4, -0.2) is 109 Å². The van der Waals surface area contributed by atoms with Gasteiger partial charge in [0.15, 0.2) is 0 Å². The van der Waals surface area contributed by atoms with Crippen molar-refractivity contribution in [2.24, 2.45) is 22.7 Å². The van der Waals surface area contributed by atoms with Crippen LogP contribution in [0.15, 0.2) is 53.7 Å². The van der Waals surface area contributed by atoms with E-state index in [4.69, 9.17) is 28.9 Å². The van der Waals surface area contributed by atoms with Crippen LogP contribution in [0.4, 0.5) is 9.59 Å². The van der Waals surface area contributed by atoms with Crippen molar-refractivity contribution in [1.82, 2.24) is 30.4 Å². The van der Waals surface area contributed by atoms with Crippen molar-refractivity contribution < 1.29 is 38.1 Å². The molecule has 0 unspecified atom stereocenters. The van der Waals surface area contributed by atoms with E-state index in [0.29, 0.717) is 38.5 Å². The van der Waals surface area contributed by atoms with E-state index in [1.54, 1.807) is 7.11 Å². The molecular weight excluding hydrogens is 755 g/mol. The van der Waals surface area contributed by atoms with Crippen molar-refractivity contribution >= 4 is 35.3 Å². The van der Waals surface area contributed by atoms with Gasteiger partial charge in [0, 0.05) is 50.0 Å². The third-order valence-electron chi connectivity index (χ3n) is 11.8. The number of nitrogens with one attached hydrogen (secondary N) is 3. The predicted octanol–water partition coefficient (Wildman–Crippen LogP) is 6.11. The van der Waals surface area contributed by atoms with Gasteiger partial charge in [0.25, 0.3) is 0 Å². The largest absolute Gasteiger partial charge is 0.487 e. The molecule has 59 heavy (non-hydrogen) atoms. The summed E-state index contributed by atoms with van der Waals surface area (Å²) in [5.41, 5.74) is 7.63. The van der Waals surface area contributed by atoms with Gasteiger partial charge in [-0.25, -0.2) is 14.6 Å². The molecule has 0 saturated carbocycles. The molecule has 0 bridgehead atoms. The number of benzene rings is 2. The summed E-state index contributed by atoms with van der Waals surface area (Å²) in [6.07, 6.45) is 3.57. The second-order valence-corrected chi connectivity index (χ2v) is 16.4. The average Bonchev–Trinajstić information content (AvgIpc) is 4.07. The molecule has 4 amide bonds. The first-order valence-corrected chi connectivity index (χ1v) is 20.4. The molecule has 1 aromatic heterocycles. The molecule has 3 N–H and O–H groups in total. The number of allylic oxidation sites excluding steroid dienone is 1. The predicted molar refractivity (Wildman–Crippen MR) is 221 cm³/mol. The summed E-state index contributed by atoms with van der Waals surface area (Å²) in [5, 5.41) is 5.44. The van der Waals surface area contributed by atoms with Gasteiger partial charge in [-0.3, -0.25) is 14.6 Å². The monoisotopic (exact) mass is 809 g/mol. The van der Waals surface area contributed by atoms with Crippen LogP contribution in [0.1, 0.15) is 76.5 Å². The Labute approximate surface area is 344 Å². The number of methoxy groups -OCH3 is 3. The van der Waals surface area contributed by atoms with Crippen LogP contribution in [0.2, 0.25) is 0 Å². The molecular formula is C44H55N7O8. The minimum Gasteiger partial charge on any atom is -0.487 e. The molecule has 0 aliphatic carbocycles. The number of alkyl carbamates (subject to hydrolysis) is 2. The van der Waals surface area contributed by atoms with Crippen molar-refractivity contribution in [2.45, 2.75) is 84.2 Å². The molecule has 0 radical (unpaired) electrons. The quantitative estimate of drug-likeness (QED) is 0.195. The number of nitrogens with zero attached hydrogens (tertiary/aromatic N) is 4. The number of ether oxygens (including phenoxy) is 4. The van der Waals surface area contributed by atoms with Crippen molar-refractivity contribution in [3.05, 3.63) is 65.7 Å². The number of aromatic amines is 1. The lowest BCUT2D eigenvalue weighted by Gasteiger charge is -2.31. The number of imidazole rings is 1. The maximum absolute atomic E-state index is 13.9. The Balaban J connectivity index is 1.03. The molecule has 5 heterocycles. The van der Waals surface area contributed by atoms with Gasteiger partial charge in [-0.15, -0.1) is 0 Å². The van der Waals surface area contributed by atoms with Crippen LogP contribution in [0.3, 0.4) is 0 Å². The average molecular weight is 810 g/mol. The van der Waals surface area contributed by atoms with Crippen LogP contribution < -0.4 is 15.4 Å². The first-order chi connectivity index (χ1) is 28.4. The van der Waals surface area contributed by atoms with Gasteiger partial charge in [-0.05, 0) is 65.5 Å². The number of hydrogen-bond donors (Lipinski definition) is 3. The zero-order valence-corrected chi connectivity index (χ0v) is 34.9. The number of fused-ring (bicyclic) bond motifs is 3. The number of hydrogen-bond acceptors (Lipinski definition) is 10. The van der Waals surface area contributed by atoms with Crippen LogP contribution >= 0.6 is 0 Å². The van der Waals surface area contributed by atoms with Gasteiger partial charge in [0.1, 0.15) is 30.3 Å². The fourth-order valence-corrected chi connectivity index (χ4v) is 8.70. The molecule has 2 saturated heterocycles. The van der Waals surface area contributed by atoms with Gasteiger partial charge in [0.05, 0.1) is 44.3 Å². The van der Waals surface area contributed by atoms with Gasteiger partial charge in [-0.1, -0.05) is 58.0 Å². The highest BCUT2D eigenvalue weighted by molar-refractivity contribution is 6.04. The lowest BCUT2D eigenvalue weighted by atomic mass is 9.94. The van der Waals surface area contributed by atoms with Crippen LogP contribution in [0.5, 0.6) is 5.75 Å². The van der Waals surface area contributed by atoms with Crippen LogP contribution in [0.25, 0.3) is 28.0 Å². The van der Waals surface area contributed by atoms with E-state index in [1.165, 1.54) is 14.2 Å². The number of likely N-dealkylation sites (tertiary alicyclic amines) is 2. The minimum absolute atomic E-state index is 0.121. The van der Waals surface area contributed by atoms with Crippen molar-refractivity contribution in [1.29, 1.82) is 0 Å². The van der Waals surface area contributed by atoms with Crippen LogP contribution in [-0.2, 0) is 30.4 Å². The summed E-state index contributed by atoms with van der Waals surface area (Å²) in [7, 11) is 4.25. The topological polar surface area (TPSA) is 177 Å². The van der Waals surface area contributed by atoms with Crippen LogP contribution in [0, 0.1) is 17.8 Å². The maximum atomic E-state index is 13.9. The third-order valence-corrected chi connectivity index (χ3v) is 11.8. The normalized spacial score (nSPS) is 20.7. The van der Waals surface area contributed by atoms with Gasteiger partial charge < -0.3 is 44.4 Å². The molecule has 15 nitrogen and oxygen atoms in total. The van der Waals surface area contributed by atoms with E-state index in [0.717, 1.165) is 69.9 Å². The molecule has 15 heteroatoms. The third kappa shape index (κ3) is 8.56. The van der Waals surface area contributed by atoms with E-state index in [9.17, 15) is 19.2 Å². The van der Waals surface area contributed by atoms with E-state index in [-0.39, 0.29) is 41.7 Å². The Kier molecular flexibility index (Phi) is 12.4. The van der Waals surface area contributed by atoms with Gasteiger partial charge in [-0.2, -0.15) is 0 Å². The van der Waals surface area contributed by atoms with Crippen molar-refractivity contribution in [2.75, 3.05) is 41.0 Å². The van der Waals surface area contributed by atoms with Crippen molar-refractivity contribution in [3.63, 3.8) is 0 Å². The molecule has 3 aromatic rings. The number of carbonyl (C=O) groups is 4. The zero-order valence-electron chi connectivity index (χ0n) is 34.9. The van der Waals surface area contributed by atoms with E-state index < -0.39 is 24.3 Å². The molecule has 314 valence electrons. The highest BCUT2D eigenvalue weighted by Crippen LogP contribution is 2.42. The summed E-state index contributed by atoms with van der Waals surface area (Å²) in [6, 6.07) is 12.6. The number of amides is 4. The lowest BCUT2D eigenvalue weighted by molar-refractivity contribution is -0.135. The summed E-state index contributed by atoms with van der Waals surface area (Å²) >= 11 is 0. The second kappa shape index (κ2) is 17.7. The number of H-pyrrole nitrogens is 1. The smallest absolute Gasteiger partial charge is 0.407 e. The summed E-state index contributed by atoms with van der Waals surface area (Å²) in [6.45, 7) is 9.57. The van der Waals surface area contributed by atoms with E-state index >= 15 is 0 Å². The lowest BCUT2D eigenvalue weighted by Crippen LogP contribution is -2.53. The molecule has 0 spiro atoms. The Morgan fingerprint density at radius 1 is 0.864 bits per heavy atom. The standard InChI is InChI=1S/C44H55N7O8/c1-24(2)37(48-43(54)57-6)41(52)50-16-8-9-34(50)40-46-33-23-59-36-19-29(14-15-31(36)39(33)47-40)27-10-12-28(13-11-27)30-18-32(45-20-30)35-17-26(22-56-5)21-51(35)42(53)38(25(3)4)49-44(55)58-7/h10-15,19-20,24-26,34-35,37-38H,8-9,16-18,21-23H2,1-7H3,(H,46,47)(H,48,54)(H,49,55)/t26-,34-,35-,37-,38-/m0/s1. The van der Waals surface area contributed by atoms with Gasteiger partial charge in [0.2, 0.25) is 11.8 Å². The molecule has 2 aromatic carbocycles. The minimum atomic E-state index is -0.719. The SMILES string of the molecule is COC[C@H]1C[C@@H](C2=NC=C(c3ccc(-c4ccc5c(c4)OCc4[nH]c([C@@H]6CCCN6C(=O)[C@@H](NC(=O)OC)C(C)C)nc4-5)cc3)C2)N(C(=O)[C@@H](NC(=O)OC)C(C)C)C1. The Morgan fingerprint density at radius 2 is 1.51 bits per heavy atom. The summed E-state index contributed by atoms with van der Waals surface area (Å²) in [4.78, 5) is 68.7. The summed E-state index contributed by atoms with van der Waals surface area (Å²) in [5.74, 6) is 1.05. The fourth-order valence-electron chi connectivity index (χ4n) is 8.70. The summed E-state index contributed by atoms with van der Waals surface area (Å²) < 4.78 is 21.3. The Hall–Kier alpha value is -5.70. The van der Waals surface area contributed by atoms with Crippen molar-refractivity contribution in [3.8, 4) is 28.1 Å². The van der Waals surface area contributed by atoms with E-state index in [2.05, 4.69) is 45.9 Å². The zero-order chi connectivity index (χ0) is 42.0. The number of aliphatic imine (C=N–C) groups is 1. The Morgan fingerprint density at radius 3 is 2.15 bits per heavy atom. The van der Waals surface area contributed by atoms with E-state index in [1.807, 2.05) is 55.8 Å². The number of aromatic nitrogens is 2. The fraction of sp³-hybridized carbons (Fsp3) is 0.500. The highest BCUT2D eigenvalue weighted by atomic mass is 16.5. The molecule has 2 fully saturated rings. The molecule has 5 atom stereocenters. The highest BCUT2D eigenvalue weighted by Gasteiger charge is 2.43.